The van der Waals surface area contributed by atoms with Crippen molar-refractivity contribution in [3.05, 3.63) is 69.8 Å². The monoisotopic (exact) mass is 468 g/mol. The molecule has 6 rings (SSSR count). The Morgan fingerprint density at radius 3 is 2.54 bits per heavy atom. The number of epoxide rings is 1. The molecule has 174 valence electrons. The Kier molecular flexibility index (Phi) is 4.35. The highest BCUT2D eigenvalue weighted by Gasteiger charge is 2.82. The van der Waals surface area contributed by atoms with Gasteiger partial charge in [0, 0.05) is 23.2 Å². The predicted molar refractivity (Wildman–Crippen MR) is 125 cm³/mol. The van der Waals surface area contributed by atoms with Crippen molar-refractivity contribution >= 4 is 17.3 Å². The van der Waals surface area contributed by atoms with Crippen molar-refractivity contribution in [3.8, 4) is 29.4 Å². The summed E-state index contributed by atoms with van der Waals surface area (Å²) in [6.07, 6.45) is 0.471. The van der Waals surface area contributed by atoms with Crippen molar-refractivity contribution in [3.63, 3.8) is 0 Å². The molecule has 0 spiro atoms. The lowest BCUT2D eigenvalue weighted by molar-refractivity contribution is 0.0867. The van der Waals surface area contributed by atoms with Crippen molar-refractivity contribution in [1.29, 1.82) is 0 Å². The molecule has 4 aliphatic rings. The molecule has 6 N–H and O–H groups in total. The smallest absolute Gasteiger partial charge is 0.198 e. The SMILES string of the molecule is C[C@@H](O)[C@@]12O[C@]13c1cc(O)c4c(c1N[C@H]2C#C/C=C\C#C[C@@H]3O)C(=O)c1ccc(CN)cc1C4=O. The number of rotatable bonds is 2. The van der Waals surface area contributed by atoms with Crippen LogP contribution in [0.25, 0.3) is 0 Å². The van der Waals surface area contributed by atoms with E-state index in [9.17, 15) is 24.9 Å². The van der Waals surface area contributed by atoms with Crippen LogP contribution in [0.4, 0.5) is 5.69 Å². The zero-order chi connectivity index (χ0) is 24.7. The fourth-order valence-corrected chi connectivity index (χ4v) is 5.61. The van der Waals surface area contributed by atoms with Crippen LogP contribution >= 0.6 is 0 Å². The summed E-state index contributed by atoms with van der Waals surface area (Å²) in [5, 5.41) is 36.1. The van der Waals surface area contributed by atoms with E-state index < -0.39 is 46.8 Å². The summed E-state index contributed by atoms with van der Waals surface area (Å²) < 4.78 is 6.14. The molecule has 1 saturated heterocycles. The number of allylic oxidation sites excluding steroid dienone is 2. The number of nitrogens with two attached hydrogens (primary N) is 1. The van der Waals surface area contributed by atoms with Gasteiger partial charge in [-0.2, -0.15) is 0 Å². The summed E-state index contributed by atoms with van der Waals surface area (Å²) in [5.74, 6) is 9.81. The van der Waals surface area contributed by atoms with Gasteiger partial charge in [0.15, 0.2) is 28.9 Å². The normalized spacial score (nSPS) is 30.5. The molecule has 2 aromatic rings. The lowest BCUT2D eigenvalue weighted by atomic mass is 9.69. The summed E-state index contributed by atoms with van der Waals surface area (Å²) in [7, 11) is 0. The second kappa shape index (κ2) is 7.05. The number of aliphatic hydroxyl groups is 2. The molecular weight excluding hydrogens is 448 g/mol. The van der Waals surface area contributed by atoms with E-state index in [2.05, 4.69) is 29.0 Å². The van der Waals surface area contributed by atoms with Gasteiger partial charge in [0.05, 0.1) is 22.9 Å². The fraction of sp³-hybridized carbons (Fsp3) is 0.259. The van der Waals surface area contributed by atoms with E-state index >= 15 is 0 Å². The van der Waals surface area contributed by atoms with Crippen molar-refractivity contribution in [2.45, 2.75) is 42.9 Å². The number of phenols is 1. The number of hydrogen-bond acceptors (Lipinski definition) is 8. The number of carbonyl (C=O) groups is 2. The molecule has 0 amide bonds. The Morgan fingerprint density at radius 1 is 1.11 bits per heavy atom. The first-order valence-corrected chi connectivity index (χ1v) is 11.1. The van der Waals surface area contributed by atoms with Crippen LogP contribution in [-0.4, -0.2) is 50.7 Å². The molecule has 8 nitrogen and oxygen atoms in total. The van der Waals surface area contributed by atoms with Crippen molar-refractivity contribution in [2.75, 3.05) is 5.32 Å². The summed E-state index contributed by atoms with van der Waals surface area (Å²) in [6, 6.07) is 5.22. The Bertz CT molecular complexity index is 1520. The molecule has 0 unspecified atom stereocenters. The van der Waals surface area contributed by atoms with Gasteiger partial charge in [-0.1, -0.05) is 29.7 Å². The highest BCUT2D eigenvalue weighted by Crippen LogP contribution is 2.67. The number of phenolic OH excluding ortho intramolecular Hbond substituents is 1. The quantitative estimate of drug-likeness (QED) is 0.210. The fourth-order valence-electron chi connectivity index (χ4n) is 5.61. The second-order valence-corrected chi connectivity index (χ2v) is 9.01. The molecule has 2 aliphatic heterocycles. The standard InChI is InChI=1S/C27H20N2O6/c1-13(30)26-19-6-4-2-3-5-7-20(32)27(26,35-26)17-11-18(31)21-22(23(17)29-19)24(33)15-9-8-14(12-28)10-16(15)25(21)34/h2-3,8-11,13,19-20,29-32H,12,28H2,1H3/b3-2-/t13-,19+,20+,26+,27+/m1/s1. The topological polar surface area (TPSA) is 145 Å². The van der Waals surface area contributed by atoms with E-state index in [1.807, 2.05) is 0 Å². The van der Waals surface area contributed by atoms with E-state index in [-0.39, 0.29) is 40.0 Å². The van der Waals surface area contributed by atoms with Crippen LogP contribution in [0.1, 0.15) is 49.9 Å². The number of ketones is 2. The van der Waals surface area contributed by atoms with E-state index in [0.717, 1.165) is 0 Å². The Hall–Kier alpha value is -3.92. The van der Waals surface area contributed by atoms with E-state index in [1.165, 1.54) is 25.1 Å². The highest BCUT2D eigenvalue weighted by atomic mass is 16.7. The molecule has 8 heteroatoms. The van der Waals surface area contributed by atoms with Crippen molar-refractivity contribution in [2.24, 2.45) is 5.73 Å². The molecule has 0 radical (unpaired) electrons. The van der Waals surface area contributed by atoms with Crippen LogP contribution in [0.3, 0.4) is 0 Å². The average Bonchev–Trinajstić information content (AvgIpc) is 3.57. The van der Waals surface area contributed by atoms with E-state index in [0.29, 0.717) is 5.56 Å². The van der Waals surface area contributed by atoms with Gasteiger partial charge in [-0.15, -0.1) is 0 Å². The third-order valence-electron chi connectivity index (χ3n) is 7.26. The number of ether oxygens (including phenoxy) is 1. The number of carbonyl (C=O) groups excluding carboxylic acids is 2. The van der Waals surface area contributed by atoms with Crippen LogP contribution in [0.5, 0.6) is 5.75 Å². The number of hydrogen-bond donors (Lipinski definition) is 5. The average molecular weight is 468 g/mol. The Labute approximate surface area is 200 Å². The van der Waals surface area contributed by atoms with Crippen LogP contribution in [0.15, 0.2) is 36.4 Å². The zero-order valence-electron chi connectivity index (χ0n) is 18.5. The van der Waals surface area contributed by atoms with Gasteiger partial charge in [0.1, 0.15) is 11.8 Å². The first kappa shape index (κ1) is 21.6. The van der Waals surface area contributed by atoms with Crippen LogP contribution in [0, 0.1) is 23.7 Å². The third-order valence-corrected chi connectivity index (χ3v) is 7.26. The second-order valence-electron chi connectivity index (χ2n) is 9.01. The molecule has 2 bridgehead atoms. The Morgan fingerprint density at radius 2 is 1.83 bits per heavy atom. The maximum atomic E-state index is 13.7. The largest absolute Gasteiger partial charge is 0.507 e. The summed E-state index contributed by atoms with van der Waals surface area (Å²) in [4.78, 5) is 27.2. The molecule has 5 atom stereocenters. The van der Waals surface area contributed by atoms with Crippen molar-refractivity contribution in [1.82, 2.24) is 0 Å². The lowest BCUT2D eigenvalue weighted by Crippen LogP contribution is -2.54. The minimum Gasteiger partial charge on any atom is -0.507 e. The number of benzene rings is 2. The van der Waals surface area contributed by atoms with Crippen LogP contribution in [-0.2, 0) is 16.9 Å². The summed E-state index contributed by atoms with van der Waals surface area (Å²) >= 11 is 0. The molecule has 2 aromatic carbocycles. The summed E-state index contributed by atoms with van der Waals surface area (Å²) in [6.45, 7) is 1.71. The number of aliphatic hydroxyl groups excluding tert-OH is 2. The van der Waals surface area contributed by atoms with Gasteiger partial charge in [0.25, 0.3) is 0 Å². The maximum absolute atomic E-state index is 13.7. The number of nitrogens with one attached hydrogen (secondary N) is 1. The number of fused-ring (bicyclic) bond motifs is 4. The molecule has 2 aliphatic carbocycles. The van der Waals surface area contributed by atoms with Gasteiger partial charge in [-0.3, -0.25) is 9.59 Å². The first-order valence-electron chi connectivity index (χ1n) is 11.1. The van der Waals surface area contributed by atoms with Gasteiger partial charge >= 0.3 is 0 Å². The molecule has 35 heavy (non-hydrogen) atoms. The van der Waals surface area contributed by atoms with Gasteiger partial charge < -0.3 is 31.1 Å². The first-order chi connectivity index (χ1) is 16.8. The van der Waals surface area contributed by atoms with Gasteiger partial charge in [-0.05, 0) is 42.8 Å². The van der Waals surface area contributed by atoms with Crippen LogP contribution < -0.4 is 11.1 Å². The number of anilines is 1. The van der Waals surface area contributed by atoms with Crippen molar-refractivity contribution < 1.29 is 29.6 Å². The molecule has 0 saturated carbocycles. The molecule has 2 heterocycles. The van der Waals surface area contributed by atoms with E-state index in [4.69, 9.17) is 10.5 Å². The summed E-state index contributed by atoms with van der Waals surface area (Å²) in [5.41, 5.74) is 3.99. The highest BCUT2D eigenvalue weighted by molar-refractivity contribution is 6.31. The van der Waals surface area contributed by atoms with Gasteiger partial charge in [-0.25, -0.2) is 0 Å². The lowest BCUT2D eigenvalue weighted by Gasteiger charge is -2.37. The van der Waals surface area contributed by atoms with E-state index in [1.54, 1.807) is 18.2 Å². The predicted octanol–water partition coefficient (Wildman–Crippen LogP) is 0.703. The Balaban J connectivity index is 1.66. The third kappa shape index (κ3) is 2.52. The van der Waals surface area contributed by atoms with Crippen LogP contribution in [0.2, 0.25) is 0 Å². The zero-order valence-corrected chi connectivity index (χ0v) is 18.5. The molecule has 1 fully saturated rings. The van der Waals surface area contributed by atoms with Gasteiger partial charge in [0.2, 0.25) is 0 Å². The minimum atomic E-state index is -1.58. The minimum absolute atomic E-state index is 0.0355. The molecular formula is C27H20N2O6. The number of aromatic hydroxyl groups is 1. The molecule has 0 aromatic heterocycles. The maximum Gasteiger partial charge on any atom is 0.198 e.